The zero-order chi connectivity index (χ0) is 22.3. The second-order valence-electron chi connectivity index (χ2n) is 8.79. The maximum atomic E-state index is 13.2. The summed E-state index contributed by atoms with van der Waals surface area (Å²) in [7, 11) is 0. The lowest BCUT2D eigenvalue weighted by Crippen LogP contribution is -2.41. The predicted octanol–water partition coefficient (Wildman–Crippen LogP) is 4.99. The number of carbonyl (C=O) groups excluding carboxylic acids is 1. The van der Waals surface area contributed by atoms with Crippen molar-refractivity contribution in [2.24, 2.45) is 0 Å². The number of hydrogen-bond donors (Lipinski definition) is 3. The Hall–Kier alpha value is -3.06. The minimum absolute atomic E-state index is 0.0160. The molecular weight excluding hydrogens is 420 g/mol. The van der Waals surface area contributed by atoms with Gasteiger partial charge in [0.1, 0.15) is 6.33 Å². The van der Waals surface area contributed by atoms with Crippen LogP contribution in [-0.2, 0) is 12.0 Å². The van der Waals surface area contributed by atoms with Crippen LogP contribution in [0.3, 0.4) is 0 Å². The molecule has 0 radical (unpaired) electrons. The first-order valence-electron chi connectivity index (χ1n) is 11.0. The zero-order valence-corrected chi connectivity index (χ0v) is 18.9. The highest BCUT2D eigenvalue weighted by molar-refractivity contribution is 7.80. The van der Waals surface area contributed by atoms with Gasteiger partial charge in [0.05, 0.1) is 11.3 Å². The number of aromatic hydroxyl groups is 1. The second kappa shape index (κ2) is 8.13. The van der Waals surface area contributed by atoms with Crippen molar-refractivity contribution in [3.63, 3.8) is 0 Å². The summed E-state index contributed by atoms with van der Waals surface area (Å²) in [6.45, 7) is 3.02. The first kappa shape index (κ1) is 20.8. The van der Waals surface area contributed by atoms with Gasteiger partial charge in [0.25, 0.3) is 0 Å². The minimum Gasteiger partial charge on any atom is -0.493 e. The lowest BCUT2D eigenvalue weighted by Gasteiger charge is -2.25. The maximum Gasteiger partial charge on any atom is 0.322 e. The Kier molecular flexibility index (Phi) is 5.29. The number of aryl methyl sites for hydroxylation is 1. The Morgan fingerprint density at radius 1 is 1.16 bits per heavy atom. The topological polar surface area (TPSA) is 78.4 Å². The second-order valence-corrected chi connectivity index (χ2v) is 9.30. The Morgan fingerprint density at radius 2 is 1.91 bits per heavy atom. The summed E-state index contributed by atoms with van der Waals surface area (Å²) >= 11 is 4.32. The van der Waals surface area contributed by atoms with Gasteiger partial charge in [-0.3, -0.25) is 4.90 Å². The molecule has 1 fully saturated rings. The molecule has 1 aliphatic heterocycles. The molecule has 6 nitrogen and oxygen atoms in total. The molecule has 32 heavy (non-hydrogen) atoms. The summed E-state index contributed by atoms with van der Waals surface area (Å²) in [5.41, 5.74) is 5.42. The van der Waals surface area contributed by atoms with E-state index in [1.807, 2.05) is 48.2 Å². The van der Waals surface area contributed by atoms with E-state index in [9.17, 15) is 9.90 Å². The lowest BCUT2D eigenvalue weighted by atomic mass is 9.80. The van der Waals surface area contributed by atoms with Gasteiger partial charge in [-0.1, -0.05) is 31.0 Å². The summed E-state index contributed by atoms with van der Waals surface area (Å²) in [5, 5.41) is 13.4. The number of fused-ring (bicyclic) bond motifs is 2. The molecule has 1 saturated carbocycles. The van der Waals surface area contributed by atoms with Crippen molar-refractivity contribution in [1.29, 1.82) is 0 Å². The number of amides is 2. The molecule has 2 N–H and O–H groups in total. The van der Waals surface area contributed by atoms with Crippen LogP contribution in [0.2, 0.25) is 0 Å². The first-order chi connectivity index (χ1) is 15.5. The average Bonchev–Trinajstić information content (AvgIpc) is 3.39. The molecule has 164 valence electrons. The van der Waals surface area contributed by atoms with Crippen molar-refractivity contribution in [1.82, 2.24) is 15.3 Å². The van der Waals surface area contributed by atoms with E-state index in [-0.39, 0.29) is 17.3 Å². The van der Waals surface area contributed by atoms with E-state index in [4.69, 9.17) is 0 Å². The molecule has 0 unspecified atom stereocenters. The Morgan fingerprint density at radius 3 is 2.62 bits per heavy atom. The van der Waals surface area contributed by atoms with Gasteiger partial charge in [-0.15, -0.1) is 12.6 Å². The van der Waals surface area contributed by atoms with Gasteiger partial charge < -0.3 is 10.4 Å². The van der Waals surface area contributed by atoms with Gasteiger partial charge in [0.2, 0.25) is 5.88 Å². The van der Waals surface area contributed by atoms with E-state index in [1.165, 1.54) is 11.9 Å². The molecule has 0 bridgehead atoms. The smallest absolute Gasteiger partial charge is 0.322 e. The monoisotopic (exact) mass is 446 g/mol. The molecule has 1 spiro atoms. The number of hydrogen-bond acceptors (Lipinski definition) is 5. The van der Waals surface area contributed by atoms with Crippen LogP contribution < -0.4 is 10.2 Å². The van der Waals surface area contributed by atoms with Crippen LogP contribution >= 0.6 is 12.6 Å². The molecule has 3 aromatic rings. The molecule has 0 saturated heterocycles. The number of nitrogens with zero attached hydrogens (tertiary/aromatic N) is 3. The molecule has 7 heteroatoms. The lowest BCUT2D eigenvalue weighted by molar-refractivity contribution is 0.245. The van der Waals surface area contributed by atoms with Crippen LogP contribution in [0.5, 0.6) is 5.88 Å². The number of urea groups is 1. The van der Waals surface area contributed by atoms with E-state index < -0.39 is 0 Å². The van der Waals surface area contributed by atoms with E-state index in [1.54, 1.807) is 0 Å². The van der Waals surface area contributed by atoms with Crippen molar-refractivity contribution >= 4 is 24.3 Å². The summed E-state index contributed by atoms with van der Waals surface area (Å²) in [5.74, 6) is -0.0160. The van der Waals surface area contributed by atoms with Crippen LogP contribution in [-0.4, -0.2) is 27.7 Å². The highest BCUT2D eigenvalue weighted by atomic mass is 32.1. The standard InChI is InChI=1S/C25H26N4O2S/c1-16-22(23(30)28-15-27-16)18-6-9-21-20(12-18)25(10-2-3-11-25)14-29(21)24(31)26-13-17-4-7-19(32)8-5-17/h4-9,12,15,32H,2-3,10-11,13-14H2,1H3,(H,26,31)(H,27,28,30). The summed E-state index contributed by atoms with van der Waals surface area (Å²) in [6.07, 6.45) is 5.82. The molecule has 1 aliphatic carbocycles. The van der Waals surface area contributed by atoms with Crippen LogP contribution in [0.25, 0.3) is 11.1 Å². The molecule has 2 amide bonds. The highest BCUT2D eigenvalue weighted by Crippen LogP contribution is 2.51. The maximum absolute atomic E-state index is 13.2. The van der Waals surface area contributed by atoms with E-state index in [2.05, 4.69) is 34.0 Å². The van der Waals surface area contributed by atoms with Gasteiger partial charge in [-0.25, -0.2) is 14.8 Å². The predicted molar refractivity (Wildman–Crippen MR) is 127 cm³/mol. The SMILES string of the molecule is Cc1ncnc(O)c1-c1ccc2c(c1)C1(CCCC1)CN2C(=O)NCc1ccc(S)cc1. The van der Waals surface area contributed by atoms with Crippen LogP contribution in [0.1, 0.15) is 42.5 Å². The molecule has 2 aliphatic rings. The number of thiol groups is 1. The van der Waals surface area contributed by atoms with Crippen LogP contribution in [0.4, 0.5) is 10.5 Å². The van der Waals surface area contributed by atoms with Crippen molar-refractivity contribution < 1.29 is 9.90 Å². The molecule has 5 rings (SSSR count). The van der Waals surface area contributed by atoms with Gasteiger partial charge in [0.15, 0.2) is 0 Å². The third-order valence-corrected chi connectivity index (χ3v) is 7.11. The fourth-order valence-electron chi connectivity index (χ4n) is 5.17. The van der Waals surface area contributed by atoms with Crippen molar-refractivity contribution in [2.75, 3.05) is 11.4 Å². The van der Waals surface area contributed by atoms with Crippen molar-refractivity contribution in [2.45, 2.75) is 49.5 Å². The zero-order valence-electron chi connectivity index (χ0n) is 18.0. The number of aromatic nitrogens is 2. The number of nitrogens with one attached hydrogen (secondary N) is 1. The normalized spacial score (nSPS) is 16.4. The summed E-state index contributed by atoms with van der Waals surface area (Å²) in [6, 6.07) is 13.8. The summed E-state index contributed by atoms with van der Waals surface area (Å²) < 4.78 is 0. The number of benzene rings is 2. The molecule has 0 atom stereocenters. The van der Waals surface area contributed by atoms with Crippen LogP contribution in [0.15, 0.2) is 53.7 Å². The van der Waals surface area contributed by atoms with Gasteiger partial charge in [-0.2, -0.15) is 0 Å². The molecular formula is C25H26N4O2S. The largest absolute Gasteiger partial charge is 0.493 e. The van der Waals surface area contributed by atoms with E-state index in [0.29, 0.717) is 18.7 Å². The highest BCUT2D eigenvalue weighted by Gasteiger charge is 2.46. The third-order valence-electron chi connectivity index (χ3n) is 6.81. The van der Waals surface area contributed by atoms with Gasteiger partial charge in [0, 0.05) is 29.1 Å². The fraction of sp³-hybridized carbons (Fsp3) is 0.320. The average molecular weight is 447 g/mol. The van der Waals surface area contributed by atoms with E-state index >= 15 is 0 Å². The Balaban J connectivity index is 1.46. The summed E-state index contributed by atoms with van der Waals surface area (Å²) in [4.78, 5) is 24.2. The third kappa shape index (κ3) is 3.60. The fourth-order valence-corrected chi connectivity index (χ4v) is 5.32. The quantitative estimate of drug-likeness (QED) is 0.496. The van der Waals surface area contributed by atoms with Gasteiger partial charge in [-0.05, 0) is 60.7 Å². The van der Waals surface area contributed by atoms with Crippen molar-refractivity contribution in [3.8, 4) is 17.0 Å². The van der Waals surface area contributed by atoms with Crippen molar-refractivity contribution in [3.05, 3.63) is 65.6 Å². The Labute approximate surface area is 193 Å². The first-order valence-corrected chi connectivity index (χ1v) is 11.4. The number of rotatable bonds is 3. The van der Waals surface area contributed by atoms with E-state index in [0.717, 1.165) is 53.1 Å². The molecule has 2 aromatic carbocycles. The molecule has 1 aromatic heterocycles. The number of anilines is 1. The Bertz CT molecular complexity index is 1150. The van der Waals surface area contributed by atoms with Gasteiger partial charge >= 0.3 is 6.03 Å². The number of carbonyl (C=O) groups is 1. The molecule has 2 heterocycles. The minimum atomic E-state index is -0.0835. The van der Waals surface area contributed by atoms with Crippen LogP contribution in [0, 0.1) is 6.92 Å².